The minimum atomic E-state index is -1.05. The number of rotatable bonds is 5. The molecular formula is C21H20N2O4S. The molecule has 0 saturated carbocycles. The zero-order valence-corrected chi connectivity index (χ0v) is 16.5. The van der Waals surface area contributed by atoms with E-state index in [1.54, 1.807) is 43.1 Å². The highest BCUT2D eigenvalue weighted by atomic mass is 32.2. The van der Waals surface area contributed by atoms with Crippen LogP contribution in [0.5, 0.6) is 5.75 Å². The maximum absolute atomic E-state index is 12.0. The van der Waals surface area contributed by atoms with Crippen molar-refractivity contribution in [2.45, 2.75) is 17.9 Å². The molecule has 3 aromatic rings. The van der Waals surface area contributed by atoms with E-state index in [0.29, 0.717) is 30.2 Å². The lowest BCUT2D eigenvalue weighted by Crippen LogP contribution is -2.31. The highest BCUT2D eigenvalue weighted by Crippen LogP contribution is 2.35. The predicted molar refractivity (Wildman–Crippen MR) is 108 cm³/mol. The first-order valence-corrected chi connectivity index (χ1v) is 10.1. The fourth-order valence-electron chi connectivity index (χ4n) is 3.47. The molecule has 144 valence electrons. The van der Waals surface area contributed by atoms with Crippen LogP contribution in [0.4, 0.5) is 5.82 Å². The molecule has 28 heavy (non-hydrogen) atoms. The molecule has 1 aliphatic rings. The SMILES string of the molecule is COc1ccc(-c2onc(N3CCc4cc(SC)ccc4C3)c2C(=O)O)cc1. The summed E-state index contributed by atoms with van der Waals surface area (Å²) in [5, 5.41) is 14.0. The Morgan fingerprint density at radius 1 is 1.21 bits per heavy atom. The third-order valence-electron chi connectivity index (χ3n) is 4.97. The average molecular weight is 396 g/mol. The second-order valence-corrected chi connectivity index (χ2v) is 7.43. The number of aromatic carboxylic acids is 1. The summed E-state index contributed by atoms with van der Waals surface area (Å²) in [4.78, 5) is 15.2. The summed E-state index contributed by atoms with van der Waals surface area (Å²) in [7, 11) is 1.58. The van der Waals surface area contributed by atoms with E-state index >= 15 is 0 Å². The molecule has 1 N–H and O–H groups in total. The molecule has 7 heteroatoms. The molecular weight excluding hydrogens is 376 g/mol. The van der Waals surface area contributed by atoms with Gasteiger partial charge in [0.1, 0.15) is 5.75 Å². The van der Waals surface area contributed by atoms with Gasteiger partial charge in [-0.2, -0.15) is 0 Å². The average Bonchev–Trinajstić information content (AvgIpc) is 3.18. The van der Waals surface area contributed by atoms with Gasteiger partial charge in [0.25, 0.3) is 0 Å². The Balaban J connectivity index is 1.68. The Labute approximate surface area is 167 Å². The molecule has 0 saturated heterocycles. The lowest BCUT2D eigenvalue weighted by Gasteiger charge is -2.29. The molecule has 2 aromatic carbocycles. The van der Waals surface area contributed by atoms with E-state index in [0.717, 1.165) is 6.42 Å². The van der Waals surface area contributed by atoms with Crippen LogP contribution in [0.25, 0.3) is 11.3 Å². The molecule has 0 radical (unpaired) electrons. The van der Waals surface area contributed by atoms with Crippen molar-refractivity contribution in [2.24, 2.45) is 0 Å². The first-order valence-electron chi connectivity index (χ1n) is 8.89. The topological polar surface area (TPSA) is 75.8 Å². The van der Waals surface area contributed by atoms with Crippen molar-refractivity contribution in [2.75, 3.05) is 24.8 Å². The molecule has 4 rings (SSSR count). The first kappa shape index (κ1) is 18.4. The van der Waals surface area contributed by atoms with Crippen LogP contribution < -0.4 is 9.64 Å². The Bertz CT molecular complexity index is 1010. The summed E-state index contributed by atoms with van der Waals surface area (Å²) in [5.41, 5.74) is 3.24. The lowest BCUT2D eigenvalue weighted by atomic mass is 9.99. The van der Waals surface area contributed by atoms with E-state index in [-0.39, 0.29) is 11.3 Å². The van der Waals surface area contributed by atoms with Crippen molar-refractivity contribution < 1.29 is 19.2 Å². The number of anilines is 1. The second-order valence-electron chi connectivity index (χ2n) is 6.55. The standard InChI is InChI=1S/C21H20N2O4S/c1-26-16-6-3-13(4-7-16)19-18(21(24)25)20(22-27-19)23-10-9-14-11-17(28-2)8-5-15(14)12-23/h3-8,11H,9-10,12H2,1-2H3,(H,24,25). The number of carboxylic acid groups (broad SMARTS) is 1. The summed E-state index contributed by atoms with van der Waals surface area (Å²) in [6.45, 7) is 1.30. The number of thioether (sulfide) groups is 1. The minimum absolute atomic E-state index is 0.0920. The third-order valence-corrected chi connectivity index (χ3v) is 5.69. The quantitative estimate of drug-likeness (QED) is 0.643. The third kappa shape index (κ3) is 3.33. The Morgan fingerprint density at radius 2 is 2.00 bits per heavy atom. The normalized spacial score (nSPS) is 13.3. The maximum atomic E-state index is 12.0. The van der Waals surface area contributed by atoms with Gasteiger partial charge in [-0.15, -0.1) is 11.8 Å². The number of fused-ring (bicyclic) bond motifs is 1. The molecule has 0 fully saturated rings. The molecule has 2 heterocycles. The Morgan fingerprint density at radius 3 is 2.68 bits per heavy atom. The van der Waals surface area contributed by atoms with Crippen LogP contribution in [0.15, 0.2) is 51.9 Å². The fraction of sp³-hybridized carbons (Fsp3) is 0.238. The summed E-state index contributed by atoms with van der Waals surface area (Å²) in [5.74, 6) is 0.273. The number of hydrogen-bond donors (Lipinski definition) is 1. The van der Waals surface area contributed by atoms with E-state index in [1.165, 1.54) is 16.0 Å². The summed E-state index contributed by atoms with van der Waals surface area (Å²) in [6.07, 6.45) is 2.90. The minimum Gasteiger partial charge on any atom is -0.497 e. The molecule has 1 aliphatic heterocycles. The van der Waals surface area contributed by atoms with E-state index in [9.17, 15) is 9.90 Å². The number of ether oxygens (including phenoxy) is 1. The Kier molecular flexibility index (Phi) is 5.00. The number of benzene rings is 2. The fourth-order valence-corrected chi connectivity index (χ4v) is 3.93. The van der Waals surface area contributed by atoms with Crippen LogP contribution in [-0.4, -0.2) is 36.1 Å². The summed E-state index contributed by atoms with van der Waals surface area (Å²) >= 11 is 1.72. The van der Waals surface area contributed by atoms with Gasteiger partial charge in [-0.3, -0.25) is 0 Å². The molecule has 0 bridgehead atoms. The molecule has 0 unspecified atom stereocenters. The molecule has 6 nitrogen and oxygen atoms in total. The summed E-state index contributed by atoms with van der Waals surface area (Å²) < 4.78 is 10.6. The van der Waals surface area contributed by atoms with Gasteiger partial charge in [0.15, 0.2) is 17.1 Å². The van der Waals surface area contributed by atoms with Gasteiger partial charge in [0, 0.05) is 23.5 Å². The van der Waals surface area contributed by atoms with Gasteiger partial charge in [-0.05, 0) is 60.2 Å². The number of nitrogens with zero attached hydrogens (tertiary/aromatic N) is 2. The molecule has 0 amide bonds. The van der Waals surface area contributed by atoms with Crippen molar-refractivity contribution in [3.8, 4) is 17.1 Å². The number of hydrogen-bond acceptors (Lipinski definition) is 6. The zero-order valence-electron chi connectivity index (χ0n) is 15.6. The number of carboxylic acids is 1. The second kappa shape index (κ2) is 7.59. The largest absolute Gasteiger partial charge is 0.497 e. The van der Waals surface area contributed by atoms with Crippen LogP contribution in [0.3, 0.4) is 0 Å². The number of aromatic nitrogens is 1. The molecule has 0 aliphatic carbocycles. The van der Waals surface area contributed by atoms with Crippen LogP contribution in [-0.2, 0) is 13.0 Å². The Hall–Kier alpha value is -2.93. The van der Waals surface area contributed by atoms with Gasteiger partial charge >= 0.3 is 5.97 Å². The number of methoxy groups -OCH3 is 1. The van der Waals surface area contributed by atoms with E-state index < -0.39 is 5.97 Å². The molecule has 0 atom stereocenters. The number of carbonyl (C=O) groups is 1. The van der Waals surface area contributed by atoms with Crippen LogP contribution in [0.1, 0.15) is 21.5 Å². The van der Waals surface area contributed by atoms with E-state index in [1.807, 2.05) is 4.90 Å². The monoisotopic (exact) mass is 396 g/mol. The lowest BCUT2D eigenvalue weighted by molar-refractivity contribution is 0.0697. The smallest absolute Gasteiger partial charge is 0.343 e. The van der Waals surface area contributed by atoms with Gasteiger partial charge in [-0.1, -0.05) is 11.2 Å². The van der Waals surface area contributed by atoms with Crippen molar-refractivity contribution >= 4 is 23.5 Å². The van der Waals surface area contributed by atoms with Gasteiger partial charge in [0.2, 0.25) is 0 Å². The van der Waals surface area contributed by atoms with Crippen LogP contribution >= 0.6 is 11.8 Å². The highest BCUT2D eigenvalue weighted by Gasteiger charge is 2.29. The predicted octanol–water partition coefficient (Wildman–Crippen LogP) is 4.33. The first-order chi connectivity index (χ1) is 13.6. The van der Waals surface area contributed by atoms with Crippen LogP contribution in [0, 0.1) is 0 Å². The van der Waals surface area contributed by atoms with Gasteiger partial charge < -0.3 is 19.3 Å². The van der Waals surface area contributed by atoms with E-state index in [2.05, 4.69) is 29.6 Å². The van der Waals surface area contributed by atoms with Crippen molar-refractivity contribution in [3.63, 3.8) is 0 Å². The van der Waals surface area contributed by atoms with Crippen molar-refractivity contribution in [1.82, 2.24) is 5.16 Å². The highest BCUT2D eigenvalue weighted by molar-refractivity contribution is 7.98. The van der Waals surface area contributed by atoms with Gasteiger partial charge in [-0.25, -0.2) is 4.79 Å². The zero-order chi connectivity index (χ0) is 19.7. The van der Waals surface area contributed by atoms with Crippen molar-refractivity contribution in [3.05, 3.63) is 59.2 Å². The molecule has 0 spiro atoms. The van der Waals surface area contributed by atoms with Crippen molar-refractivity contribution in [1.29, 1.82) is 0 Å². The van der Waals surface area contributed by atoms with E-state index in [4.69, 9.17) is 9.26 Å². The van der Waals surface area contributed by atoms with Gasteiger partial charge in [0.05, 0.1) is 7.11 Å². The maximum Gasteiger partial charge on any atom is 0.343 e. The molecule has 1 aromatic heterocycles. The summed E-state index contributed by atoms with van der Waals surface area (Å²) in [6, 6.07) is 13.5. The van der Waals surface area contributed by atoms with Crippen LogP contribution in [0.2, 0.25) is 0 Å².